The molecule has 1 heterocycles. The first kappa shape index (κ1) is 19.1. The van der Waals surface area contributed by atoms with Gasteiger partial charge in [0.05, 0.1) is 18.9 Å². The molecule has 0 radical (unpaired) electrons. The second-order valence-corrected chi connectivity index (χ2v) is 10.8. The van der Waals surface area contributed by atoms with Crippen molar-refractivity contribution in [3.05, 3.63) is 12.4 Å². The van der Waals surface area contributed by atoms with E-state index in [4.69, 9.17) is 4.74 Å². The van der Waals surface area contributed by atoms with Crippen LogP contribution in [0.15, 0.2) is 12.4 Å². The molecule has 0 N–H and O–H groups in total. The van der Waals surface area contributed by atoms with Crippen LogP contribution in [0, 0.1) is 46.8 Å². The van der Waals surface area contributed by atoms with Crippen molar-refractivity contribution in [1.82, 2.24) is 15.0 Å². The molecule has 0 amide bonds. The number of aryl methyl sites for hydroxylation is 1. The molecular formula is C24H39N3O. The maximum absolute atomic E-state index is 5.49. The third-order valence-corrected chi connectivity index (χ3v) is 9.81. The third-order valence-electron chi connectivity index (χ3n) is 9.81. The Bertz CT molecular complexity index is 646. The number of ether oxygens (including phenoxy) is 1. The van der Waals surface area contributed by atoms with Crippen molar-refractivity contribution < 1.29 is 4.74 Å². The molecule has 0 aromatic carbocycles. The summed E-state index contributed by atoms with van der Waals surface area (Å²) < 4.78 is 5.49. The van der Waals surface area contributed by atoms with E-state index in [0.29, 0.717) is 5.41 Å². The van der Waals surface area contributed by atoms with Crippen LogP contribution >= 0.6 is 0 Å². The SMILES string of the molecule is COC[C@H]1CC[C@H]2C(CC[C@@H]3C2CC[C@@]2(C)C3CC[C@@H]2CCn2nccn2)C1. The summed E-state index contributed by atoms with van der Waals surface area (Å²) in [5, 5.41) is 8.66. The summed E-state index contributed by atoms with van der Waals surface area (Å²) in [6, 6.07) is 0. The van der Waals surface area contributed by atoms with Crippen LogP contribution in [0.5, 0.6) is 0 Å². The number of rotatable bonds is 5. The molecule has 156 valence electrons. The van der Waals surface area contributed by atoms with Crippen molar-refractivity contribution in [3.8, 4) is 0 Å². The van der Waals surface area contributed by atoms with Gasteiger partial charge in [-0.3, -0.25) is 0 Å². The predicted octanol–water partition coefficient (Wildman–Crippen LogP) is 5.20. The molecule has 0 bridgehead atoms. The minimum atomic E-state index is 0.578. The molecule has 0 saturated heterocycles. The van der Waals surface area contributed by atoms with Gasteiger partial charge in [-0.05, 0) is 111 Å². The Labute approximate surface area is 170 Å². The predicted molar refractivity (Wildman–Crippen MR) is 111 cm³/mol. The van der Waals surface area contributed by atoms with Gasteiger partial charge in [0.2, 0.25) is 0 Å². The Kier molecular flexibility index (Phi) is 5.27. The average Bonchev–Trinajstić information content (AvgIpc) is 3.33. The lowest BCUT2D eigenvalue weighted by atomic mass is 9.49. The lowest BCUT2D eigenvalue weighted by Gasteiger charge is -2.56. The lowest BCUT2D eigenvalue weighted by Crippen LogP contribution is -2.48. The van der Waals surface area contributed by atoms with Crippen molar-refractivity contribution in [2.45, 2.75) is 77.7 Å². The highest BCUT2D eigenvalue weighted by molar-refractivity contribution is 5.05. The number of nitrogens with zero attached hydrogens (tertiary/aromatic N) is 3. The second-order valence-electron chi connectivity index (χ2n) is 10.8. The van der Waals surface area contributed by atoms with Crippen molar-refractivity contribution in [2.75, 3.05) is 13.7 Å². The number of methoxy groups -OCH3 is 1. The zero-order valence-electron chi connectivity index (χ0n) is 17.9. The van der Waals surface area contributed by atoms with E-state index in [-0.39, 0.29) is 0 Å². The number of hydrogen-bond donors (Lipinski definition) is 0. The molecule has 28 heavy (non-hydrogen) atoms. The molecule has 0 spiro atoms. The molecule has 4 aliphatic carbocycles. The van der Waals surface area contributed by atoms with Gasteiger partial charge >= 0.3 is 0 Å². The van der Waals surface area contributed by atoms with Crippen molar-refractivity contribution in [1.29, 1.82) is 0 Å². The van der Waals surface area contributed by atoms with E-state index < -0.39 is 0 Å². The Morgan fingerprint density at radius 2 is 1.79 bits per heavy atom. The van der Waals surface area contributed by atoms with E-state index in [1.54, 1.807) is 0 Å². The molecular weight excluding hydrogens is 346 g/mol. The quantitative estimate of drug-likeness (QED) is 0.699. The molecule has 3 unspecified atom stereocenters. The minimum absolute atomic E-state index is 0.578. The maximum Gasteiger partial charge on any atom is 0.0693 e. The molecule has 4 saturated carbocycles. The largest absolute Gasteiger partial charge is 0.384 e. The minimum Gasteiger partial charge on any atom is -0.384 e. The van der Waals surface area contributed by atoms with E-state index in [2.05, 4.69) is 17.1 Å². The molecule has 1 aromatic rings. The van der Waals surface area contributed by atoms with Gasteiger partial charge in [0.15, 0.2) is 0 Å². The summed E-state index contributed by atoms with van der Waals surface area (Å²) in [6.45, 7) is 4.65. The summed E-state index contributed by atoms with van der Waals surface area (Å²) >= 11 is 0. The average molecular weight is 386 g/mol. The normalized spacial score (nSPS) is 45.3. The van der Waals surface area contributed by atoms with Crippen molar-refractivity contribution in [2.24, 2.45) is 46.8 Å². The van der Waals surface area contributed by atoms with Gasteiger partial charge in [0.1, 0.15) is 0 Å². The first-order valence-corrected chi connectivity index (χ1v) is 12.0. The molecule has 1 aromatic heterocycles. The summed E-state index contributed by atoms with van der Waals surface area (Å²) in [4.78, 5) is 1.89. The number of fused-ring (bicyclic) bond motifs is 5. The Hall–Kier alpha value is -0.900. The fourth-order valence-electron chi connectivity index (χ4n) is 8.55. The van der Waals surface area contributed by atoms with Gasteiger partial charge in [-0.1, -0.05) is 6.92 Å². The fraction of sp³-hybridized carbons (Fsp3) is 0.917. The van der Waals surface area contributed by atoms with Crippen molar-refractivity contribution in [3.63, 3.8) is 0 Å². The summed E-state index contributed by atoms with van der Waals surface area (Å²) in [5.74, 6) is 6.78. The van der Waals surface area contributed by atoms with Crippen molar-refractivity contribution >= 4 is 0 Å². The molecule has 5 rings (SSSR count). The van der Waals surface area contributed by atoms with Crippen LogP contribution in [0.4, 0.5) is 0 Å². The van der Waals surface area contributed by atoms with Crippen LogP contribution in [0.1, 0.15) is 71.1 Å². The molecule has 4 fully saturated rings. The van der Waals surface area contributed by atoms with E-state index >= 15 is 0 Å². The van der Waals surface area contributed by atoms with Crippen LogP contribution in [0.25, 0.3) is 0 Å². The zero-order valence-corrected chi connectivity index (χ0v) is 17.9. The first-order valence-electron chi connectivity index (χ1n) is 12.0. The topological polar surface area (TPSA) is 39.9 Å². The zero-order chi connectivity index (χ0) is 19.1. The van der Waals surface area contributed by atoms with Gasteiger partial charge < -0.3 is 4.74 Å². The molecule has 0 aliphatic heterocycles. The summed E-state index contributed by atoms with van der Waals surface area (Å²) in [6.07, 6.45) is 18.2. The highest BCUT2D eigenvalue weighted by Crippen LogP contribution is 2.64. The maximum atomic E-state index is 5.49. The van der Waals surface area contributed by atoms with Gasteiger partial charge in [-0.2, -0.15) is 15.0 Å². The molecule has 8 atom stereocenters. The second kappa shape index (κ2) is 7.74. The lowest BCUT2D eigenvalue weighted by molar-refractivity contribution is -0.0728. The van der Waals surface area contributed by atoms with Crippen LogP contribution in [0.3, 0.4) is 0 Å². The van der Waals surface area contributed by atoms with Gasteiger partial charge in [-0.25, -0.2) is 0 Å². The van der Waals surface area contributed by atoms with Crippen LogP contribution in [-0.4, -0.2) is 28.7 Å². The number of hydrogen-bond acceptors (Lipinski definition) is 3. The summed E-state index contributed by atoms with van der Waals surface area (Å²) in [7, 11) is 1.88. The van der Waals surface area contributed by atoms with Gasteiger partial charge in [-0.15, -0.1) is 0 Å². The van der Waals surface area contributed by atoms with Crippen LogP contribution < -0.4 is 0 Å². The third kappa shape index (κ3) is 3.24. The summed E-state index contributed by atoms with van der Waals surface area (Å²) in [5.41, 5.74) is 0.578. The highest BCUT2D eigenvalue weighted by atomic mass is 16.5. The van der Waals surface area contributed by atoms with Crippen LogP contribution in [-0.2, 0) is 11.3 Å². The Morgan fingerprint density at radius 1 is 0.964 bits per heavy atom. The van der Waals surface area contributed by atoms with Gasteiger partial charge in [0, 0.05) is 13.7 Å². The van der Waals surface area contributed by atoms with E-state index in [9.17, 15) is 0 Å². The van der Waals surface area contributed by atoms with E-state index in [0.717, 1.165) is 54.6 Å². The van der Waals surface area contributed by atoms with Crippen LogP contribution in [0.2, 0.25) is 0 Å². The Balaban J connectivity index is 1.25. The van der Waals surface area contributed by atoms with E-state index in [1.165, 1.54) is 64.2 Å². The molecule has 4 aliphatic rings. The Morgan fingerprint density at radius 3 is 2.61 bits per heavy atom. The highest BCUT2D eigenvalue weighted by Gasteiger charge is 2.56. The first-order chi connectivity index (χ1) is 13.7. The van der Waals surface area contributed by atoms with E-state index in [1.807, 2.05) is 24.3 Å². The standard InChI is InChI=1S/C24H39N3O/c1-24-11-9-21-20-6-3-17(16-28-2)15-18(20)4-7-22(21)23(24)8-5-19(24)10-14-27-25-12-13-26-27/h12-13,17-23H,3-11,14-16H2,1-2H3/t17-,18?,19+,20-,21?,22+,23?,24+/m0/s1. The fourth-order valence-corrected chi connectivity index (χ4v) is 8.55. The smallest absolute Gasteiger partial charge is 0.0693 e. The molecule has 4 nitrogen and oxygen atoms in total. The number of aromatic nitrogens is 3. The molecule has 4 heteroatoms. The monoisotopic (exact) mass is 385 g/mol. The van der Waals surface area contributed by atoms with Gasteiger partial charge in [0.25, 0.3) is 0 Å².